The first-order valence-corrected chi connectivity index (χ1v) is 22.1. The number of aliphatic hydroxyl groups excluding tert-OH is 5. The molecule has 14 heteroatoms. The summed E-state index contributed by atoms with van der Waals surface area (Å²) in [5, 5.41) is 50.0. The fraction of sp³-hybridized carbons (Fsp3) is 0.714. The van der Waals surface area contributed by atoms with Crippen LogP contribution in [0.15, 0.2) is 60.8 Å². The van der Waals surface area contributed by atoms with Crippen molar-refractivity contribution in [1.82, 2.24) is 0 Å². The highest BCUT2D eigenvalue weighted by molar-refractivity contribution is 7.47. The molecule has 0 spiro atoms. The van der Waals surface area contributed by atoms with Gasteiger partial charge in [0.05, 0.1) is 6.61 Å². The van der Waals surface area contributed by atoms with Gasteiger partial charge in [-0.1, -0.05) is 120 Å². The Morgan fingerprint density at radius 3 is 1.62 bits per heavy atom. The third kappa shape index (κ3) is 25.0. The van der Waals surface area contributed by atoms with Gasteiger partial charge in [-0.2, -0.15) is 0 Å². The van der Waals surface area contributed by atoms with Crippen molar-refractivity contribution in [3.05, 3.63) is 60.8 Å². The van der Waals surface area contributed by atoms with Crippen molar-refractivity contribution in [2.75, 3.05) is 13.2 Å². The largest absolute Gasteiger partial charge is 0.472 e. The van der Waals surface area contributed by atoms with Crippen LogP contribution in [-0.4, -0.2) is 98.3 Å². The summed E-state index contributed by atoms with van der Waals surface area (Å²) >= 11 is 0. The summed E-state index contributed by atoms with van der Waals surface area (Å²) in [4.78, 5) is 35.5. The fourth-order valence-electron chi connectivity index (χ4n) is 5.76. The van der Waals surface area contributed by atoms with Gasteiger partial charge in [-0.15, -0.1) is 0 Å². The minimum absolute atomic E-state index is 0.0171. The SMILES string of the molecule is CC/C=C/C/C=C/C/C=C/CCCCCCC(=O)OCC(COP(=O)(O)OC1C(O)C(O)C(O)[C@H](O)C1O)OC(=O)CC/C=C/C/C=C/CCCCCCCC. The zero-order chi connectivity index (χ0) is 41.4. The molecule has 0 aromatic rings. The van der Waals surface area contributed by atoms with Crippen LogP contribution >= 0.6 is 7.82 Å². The van der Waals surface area contributed by atoms with E-state index in [9.17, 15) is 44.6 Å². The molecule has 0 aromatic carbocycles. The molecule has 0 radical (unpaired) electrons. The van der Waals surface area contributed by atoms with E-state index in [0.717, 1.165) is 57.8 Å². The predicted octanol–water partition coefficient (Wildman–Crippen LogP) is 6.99. The van der Waals surface area contributed by atoms with Crippen molar-refractivity contribution in [3.63, 3.8) is 0 Å². The third-order valence-electron chi connectivity index (χ3n) is 9.11. The molecule has 0 saturated heterocycles. The van der Waals surface area contributed by atoms with E-state index in [2.05, 4.69) is 62.5 Å². The minimum atomic E-state index is -5.13. The lowest BCUT2D eigenvalue weighted by molar-refractivity contribution is -0.220. The predicted molar refractivity (Wildman–Crippen MR) is 216 cm³/mol. The average molecular weight is 815 g/mol. The van der Waals surface area contributed by atoms with E-state index in [0.29, 0.717) is 12.8 Å². The number of allylic oxidation sites excluding steroid dienone is 10. The molecule has 0 amide bonds. The monoisotopic (exact) mass is 814 g/mol. The van der Waals surface area contributed by atoms with E-state index in [1.54, 1.807) is 0 Å². The average Bonchev–Trinajstić information content (AvgIpc) is 3.18. The fourth-order valence-corrected chi connectivity index (χ4v) is 6.74. The molecule has 1 fully saturated rings. The first-order valence-electron chi connectivity index (χ1n) is 20.6. The zero-order valence-electron chi connectivity index (χ0n) is 33.7. The molecule has 6 N–H and O–H groups in total. The Kier molecular flexibility index (Phi) is 29.9. The van der Waals surface area contributed by atoms with Crippen LogP contribution in [0.25, 0.3) is 0 Å². The number of ether oxygens (including phenoxy) is 2. The second kappa shape index (κ2) is 32.5. The molecule has 0 aromatic heterocycles. The smallest absolute Gasteiger partial charge is 0.462 e. The standard InChI is InChI=1S/C42H71O13P/c1-3-5-7-9-11-13-15-17-19-20-22-24-26-28-30-35(43)52-32-34(33-53-56(50,51)55-42-40(48)38(46)37(45)39(47)41(42)49)54-36(44)31-29-27-25-23-21-18-16-14-12-10-8-6-4-2/h5,7,11,13,17-19,21,25,27,34,37-42,45-49H,3-4,6,8-10,12,14-16,20,22-24,26,28-33H2,1-2H3,(H,50,51)/b7-5+,13-11+,19-17+,21-18+,27-25+/t34?,37?,38-,39?,40?,41?,42?/m0/s1. The van der Waals surface area contributed by atoms with Crippen LogP contribution in [0.4, 0.5) is 0 Å². The normalized spacial score (nSPS) is 23.5. The lowest BCUT2D eigenvalue weighted by atomic mass is 9.85. The number of aliphatic hydroxyl groups is 5. The molecule has 56 heavy (non-hydrogen) atoms. The number of esters is 2. The van der Waals surface area contributed by atoms with E-state index in [1.165, 1.54) is 38.5 Å². The highest BCUT2D eigenvalue weighted by Crippen LogP contribution is 2.47. The van der Waals surface area contributed by atoms with Gasteiger partial charge >= 0.3 is 19.8 Å². The Morgan fingerprint density at radius 2 is 1.05 bits per heavy atom. The van der Waals surface area contributed by atoms with E-state index in [4.69, 9.17) is 18.5 Å². The number of hydrogen-bond donors (Lipinski definition) is 6. The maximum absolute atomic E-state index is 12.8. The van der Waals surface area contributed by atoms with Gasteiger partial charge in [0, 0.05) is 12.8 Å². The highest BCUT2D eigenvalue weighted by atomic mass is 31.2. The van der Waals surface area contributed by atoms with Crippen molar-refractivity contribution in [2.24, 2.45) is 0 Å². The van der Waals surface area contributed by atoms with Crippen molar-refractivity contribution < 1.29 is 63.1 Å². The second-order valence-corrected chi connectivity index (χ2v) is 15.5. The molecular formula is C42H71O13P. The van der Waals surface area contributed by atoms with Gasteiger partial charge in [0.2, 0.25) is 0 Å². The zero-order valence-corrected chi connectivity index (χ0v) is 34.5. The summed E-state index contributed by atoms with van der Waals surface area (Å²) in [6.45, 7) is 3.07. The quantitative estimate of drug-likeness (QED) is 0.0175. The van der Waals surface area contributed by atoms with E-state index >= 15 is 0 Å². The summed E-state index contributed by atoms with van der Waals surface area (Å²) in [6.07, 6.45) is 24.5. The Labute approximate surface area is 334 Å². The summed E-state index contributed by atoms with van der Waals surface area (Å²) in [7, 11) is -5.13. The van der Waals surface area contributed by atoms with Gasteiger partial charge in [-0.05, 0) is 64.2 Å². The van der Waals surface area contributed by atoms with Crippen LogP contribution in [0.1, 0.15) is 136 Å². The third-order valence-corrected chi connectivity index (χ3v) is 10.1. The van der Waals surface area contributed by atoms with E-state index < -0.39 is 75.7 Å². The van der Waals surface area contributed by atoms with Crippen molar-refractivity contribution in [3.8, 4) is 0 Å². The number of hydrogen-bond acceptors (Lipinski definition) is 12. The number of carbonyl (C=O) groups is 2. The number of phosphoric ester groups is 1. The van der Waals surface area contributed by atoms with Gasteiger partial charge in [0.25, 0.3) is 0 Å². The van der Waals surface area contributed by atoms with Crippen LogP contribution < -0.4 is 0 Å². The summed E-state index contributed by atoms with van der Waals surface area (Å²) in [5.74, 6) is -1.21. The van der Waals surface area contributed by atoms with Crippen LogP contribution in [0.2, 0.25) is 0 Å². The van der Waals surface area contributed by atoms with Crippen molar-refractivity contribution in [1.29, 1.82) is 0 Å². The number of carbonyl (C=O) groups excluding carboxylic acids is 2. The van der Waals surface area contributed by atoms with Crippen LogP contribution in [0.3, 0.4) is 0 Å². The Bertz CT molecular complexity index is 1220. The van der Waals surface area contributed by atoms with Crippen molar-refractivity contribution >= 4 is 19.8 Å². The maximum Gasteiger partial charge on any atom is 0.472 e. The molecule has 322 valence electrons. The molecule has 13 nitrogen and oxygen atoms in total. The maximum atomic E-state index is 12.8. The first-order chi connectivity index (χ1) is 26.9. The highest BCUT2D eigenvalue weighted by Gasteiger charge is 2.51. The second-order valence-electron chi connectivity index (χ2n) is 14.1. The molecule has 7 unspecified atom stereocenters. The Balaban J connectivity index is 2.58. The van der Waals surface area contributed by atoms with Gasteiger partial charge in [-0.25, -0.2) is 4.57 Å². The van der Waals surface area contributed by atoms with Gasteiger partial charge in [0.15, 0.2) is 6.10 Å². The van der Waals surface area contributed by atoms with Gasteiger partial charge in [-0.3, -0.25) is 18.6 Å². The summed E-state index contributed by atoms with van der Waals surface area (Å²) in [6, 6.07) is 0. The number of rotatable bonds is 32. The molecular weight excluding hydrogens is 743 g/mol. The van der Waals surface area contributed by atoms with Crippen molar-refractivity contribution in [2.45, 2.75) is 179 Å². The topological polar surface area (TPSA) is 210 Å². The van der Waals surface area contributed by atoms with E-state index in [-0.39, 0.29) is 12.8 Å². The van der Waals surface area contributed by atoms with Gasteiger partial charge < -0.3 is 39.9 Å². The van der Waals surface area contributed by atoms with Gasteiger partial charge in [0.1, 0.15) is 43.2 Å². The van der Waals surface area contributed by atoms with E-state index in [1.807, 2.05) is 12.2 Å². The Morgan fingerprint density at radius 1 is 0.571 bits per heavy atom. The lowest BCUT2D eigenvalue weighted by Gasteiger charge is -2.41. The molecule has 0 bridgehead atoms. The summed E-state index contributed by atoms with van der Waals surface area (Å²) in [5.41, 5.74) is 0. The lowest BCUT2D eigenvalue weighted by Crippen LogP contribution is -2.64. The number of phosphoric acid groups is 1. The Hall–Kier alpha value is -2.45. The molecule has 1 rings (SSSR count). The molecule has 1 aliphatic rings. The van der Waals surface area contributed by atoms with Crippen LogP contribution in [0.5, 0.6) is 0 Å². The molecule has 1 aliphatic carbocycles. The number of unbranched alkanes of at least 4 members (excludes halogenated alkanes) is 10. The minimum Gasteiger partial charge on any atom is -0.462 e. The molecule has 0 aliphatic heterocycles. The first kappa shape index (κ1) is 51.6. The molecule has 8 atom stereocenters. The van der Waals surface area contributed by atoms with Crippen LogP contribution in [-0.2, 0) is 32.7 Å². The van der Waals surface area contributed by atoms with Crippen LogP contribution in [0, 0.1) is 0 Å². The molecule has 0 heterocycles. The molecule has 1 saturated carbocycles. The summed E-state index contributed by atoms with van der Waals surface area (Å²) < 4.78 is 33.3.